The molecular formula is C10H5NOS. The third kappa shape index (κ3) is 1.21. The van der Waals surface area contributed by atoms with Crippen molar-refractivity contribution in [2.24, 2.45) is 0 Å². The van der Waals surface area contributed by atoms with Crippen LogP contribution in [0.4, 0.5) is 0 Å². The molecule has 0 radical (unpaired) electrons. The molecule has 1 aromatic heterocycles. The first-order chi connectivity index (χ1) is 6.35. The van der Waals surface area contributed by atoms with E-state index in [0.29, 0.717) is 10.4 Å². The molecule has 2 rings (SSSR count). The first kappa shape index (κ1) is 7.96. The summed E-state index contributed by atoms with van der Waals surface area (Å²) < 4.78 is 0.895. The maximum atomic E-state index is 10.5. The molecule has 62 valence electrons. The van der Waals surface area contributed by atoms with E-state index >= 15 is 0 Å². The van der Waals surface area contributed by atoms with Crippen molar-refractivity contribution in [3.05, 3.63) is 34.7 Å². The molecule has 0 unspecified atom stereocenters. The van der Waals surface area contributed by atoms with Crippen molar-refractivity contribution in [3.8, 4) is 6.07 Å². The van der Waals surface area contributed by atoms with Crippen LogP contribution in [0.15, 0.2) is 24.3 Å². The number of rotatable bonds is 1. The van der Waals surface area contributed by atoms with Gasteiger partial charge in [0, 0.05) is 0 Å². The highest BCUT2D eigenvalue weighted by atomic mass is 32.1. The van der Waals surface area contributed by atoms with Crippen LogP contribution < -0.4 is 0 Å². The van der Waals surface area contributed by atoms with Crippen molar-refractivity contribution >= 4 is 27.7 Å². The van der Waals surface area contributed by atoms with E-state index in [1.807, 2.05) is 12.1 Å². The van der Waals surface area contributed by atoms with E-state index in [4.69, 9.17) is 5.26 Å². The zero-order valence-electron chi connectivity index (χ0n) is 6.65. The lowest BCUT2D eigenvalue weighted by Gasteiger charge is -1.89. The van der Waals surface area contributed by atoms with E-state index < -0.39 is 0 Å². The number of nitriles is 1. The van der Waals surface area contributed by atoms with E-state index in [1.165, 1.54) is 11.3 Å². The Bertz CT molecular complexity index is 507. The molecule has 0 amide bonds. The molecule has 3 heteroatoms. The molecule has 0 atom stereocenters. The van der Waals surface area contributed by atoms with E-state index in [1.54, 1.807) is 12.1 Å². The van der Waals surface area contributed by atoms with Crippen LogP contribution in [0.3, 0.4) is 0 Å². The maximum absolute atomic E-state index is 10.5. The Balaban J connectivity index is 2.83. The van der Waals surface area contributed by atoms with Crippen molar-refractivity contribution in [1.29, 1.82) is 5.26 Å². The minimum atomic E-state index is 0.635. The molecule has 0 saturated heterocycles. The van der Waals surface area contributed by atoms with E-state index in [0.717, 1.165) is 16.4 Å². The monoisotopic (exact) mass is 187 g/mol. The second kappa shape index (κ2) is 3.00. The molecule has 0 saturated carbocycles. The van der Waals surface area contributed by atoms with Gasteiger partial charge >= 0.3 is 0 Å². The molecule has 13 heavy (non-hydrogen) atoms. The second-order valence-corrected chi connectivity index (χ2v) is 3.69. The van der Waals surface area contributed by atoms with Gasteiger partial charge in [-0.15, -0.1) is 11.3 Å². The highest BCUT2D eigenvalue weighted by Gasteiger charge is 2.04. The average Bonchev–Trinajstić information content (AvgIpc) is 2.59. The molecule has 1 aromatic carbocycles. The highest BCUT2D eigenvalue weighted by molar-refractivity contribution is 7.20. The lowest BCUT2D eigenvalue weighted by molar-refractivity contribution is 0.112. The van der Waals surface area contributed by atoms with Crippen LogP contribution in [0, 0.1) is 11.3 Å². The van der Waals surface area contributed by atoms with Gasteiger partial charge in [-0.2, -0.15) is 5.26 Å². The van der Waals surface area contributed by atoms with Crippen molar-refractivity contribution in [2.75, 3.05) is 0 Å². The van der Waals surface area contributed by atoms with Gasteiger partial charge in [-0.1, -0.05) is 12.1 Å². The first-order valence-corrected chi connectivity index (χ1v) is 4.54. The smallest absolute Gasteiger partial charge is 0.160 e. The number of fused-ring (bicyclic) bond motifs is 1. The van der Waals surface area contributed by atoms with Crippen molar-refractivity contribution < 1.29 is 4.79 Å². The number of hydrogen-bond acceptors (Lipinski definition) is 3. The van der Waals surface area contributed by atoms with Crippen LogP contribution in [0.1, 0.15) is 15.2 Å². The summed E-state index contributed by atoms with van der Waals surface area (Å²) in [6.07, 6.45) is 0.811. The largest absolute Gasteiger partial charge is 0.297 e. The van der Waals surface area contributed by atoms with Gasteiger partial charge in [0.05, 0.1) is 15.1 Å². The van der Waals surface area contributed by atoms with E-state index in [-0.39, 0.29) is 0 Å². The standard InChI is InChI=1S/C10H5NOS/c11-5-8-3-1-2-7-4-9(6-12)13-10(7)8/h1-4,6H. The molecule has 2 aromatic rings. The van der Waals surface area contributed by atoms with Gasteiger partial charge in [-0.3, -0.25) is 4.79 Å². The third-order valence-electron chi connectivity index (χ3n) is 1.80. The number of thiophene rings is 1. The van der Waals surface area contributed by atoms with Crippen molar-refractivity contribution in [1.82, 2.24) is 0 Å². The van der Waals surface area contributed by atoms with Gasteiger partial charge in [0.2, 0.25) is 0 Å². The number of benzene rings is 1. The van der Waals surface area contributed by atoms with Crippen molar-refractivity contribution in [3.63, 3.8) is 0 Å². The maximum Gasteiger partial charge on any atom is 0.160 e. The van der Waals surface area contributed by atoms with Gasteiger partial charge < -0.3 is 0 Å². The predicted molar refractivity (Wildman–Crippen MR) is 51.9 cm³/mol. The van der Waals surface area contributed by atoms with Crippen LogP contribution in [0.25, 0.3) is 10.1 Å². The van der Waals surface area contributed by atoms with Gasteiger partial charge in [0.25, 0.3) is 0 Å². The zero-order valence-corrected chi connectivity index (χ0v) is 7.47. The Labute approximate surface area is 79.0 Å². The molecule has 1 heterocycles. The summed E-state index contributed by atoms with van der Waals surface area (Å²) in [6, 6.07) is 9.38. The topological polar surface area (TPSA) is 40.9 Å². The average molecular weight is 187 g/mol. The van der Waals surface area contributed by atoms with E-state index in [2.05, 4.69) is 6.07 Å². The summed E-state index contributed by atoms with van der Waals surface area (Å²) in [5, 5.41) is 9.75. The molecule has 0 N–H and O–H groups in total. The number of hydrogen-bond donors (Lipinski definition) is 0. The minimum absolute atomic E-state index is 0.635. The fourth-order valence-electron chi connectivity index (χ4n) is 1.23. The molecular weight excluding hydrogens is 182 g/mol. The number of aldehydes is 1. The van der Waals surface area contributed by atoms with Gasteiger partial charge in [0.1, 0.15) is 6.07 Å². The van der Waals surface area contributed by atoms with Gasteiger partial charge in [-0.25, -0.2) is 0 Å². The lowest BCUT2D eigenvalue weighted by Crippen LogP contribution is -1.70. The number of carbonyl (C=O) groups excluding carboxylic acids is 1. The second-order valence-electron chi connectivity index (χ2n) is 2.60. The minimum Gasteiger partial charge on any atom is -0.297 e. The molecule has 0 spiro atoms. The molecule has 0 aliphatic carbocycles. The fourth-order valence-corrected chi connectivity index (χ4v) is 2.17. The Kier molecular flexibility index (Phi) is 1.84. The summed E-state index contributed by atoms with van der Waals surface area (Å²) in [7, 11) is 0. The van der Waals surface area contributed by atoms with Crippen LogP contribution in [-0.4, -0.2) is 6.29 Å². The molecule has 0 fully saturated rings. The molecule has 0 aliphatic heterocycles. The summed E-state index contributed by atoms with van der Waals surface area (Å²) in [4.78, 5) is 11.2. The Morgan fingerprint density at radius 2 is 2.31 bits per heavy atom. The van der Waals surface area contributed by atoms with Gasteiger partial charge in [0.15, 0.2) is 6.29 Å². The van der Waals surface area contributed by atoms with Gasteiger partial charge in [-0.05, 0) is 17.5 Å². The zero-order chi connectivity index (χ0) is 9.26. The summed E-state index contributed by atoms with van der Waals surface area (Å²) in [5.74, 6) is 0. The molecule has 0 bridgehead atoms. The summed E-state index contributed by atoms with van der Waals surface area (Å²) in [5.41, 5.74) is 0.635. The van der Waals surface area contributed by atoms with E-state index in [9.17, 15) is 4.79 Å². The quantitative estimate of drug-likeness (QED) is 0.644. The highest BCUT2D eigenvalue weighted by Crippen LogP contribution is 2.27. The SMILES string of the molecule is N#Cc1cccc2cc(C=O)sc12. The predicted octanol–water partition coefficient (Wildman–Crippen LogP) is 2.59. The van der Waals surface area contributed by atoms with Crippen LogP contribution in [0.2, 0.25) is 0 Å². The van der Waals surface area contributed by atoms with Crippen molar-refractivity contribution in [2.45, 2.75) is 0 Å². The number of carbonyl (C=O) groups is 1. The third-order valence-corrected chi connectivity index (χ3v) is 2.91. The number of nitrogens with zero attached hydrogens (tertiary/aromatic N) is 1. The first-order valence-electron chi connectivity index (χ1n) is 3.73. The Hall–Kier alpha value is -1.66. The van der Waals surface area contributed by atoms with Crippen LogP contribution >= 0.6 is 11.3 Å². The Morgan fingerprint density at radius 3 is 3.00 bits per heavy atom. The summed E-state index contributed by atoms with van der Waals surface area (Å²) >= 11 is 1.36. The Morgan fingerprint density at radius 1 is 1.46 bits per heavy atom. The lowest BCUT2D eigenvalue weighted by atomic mass is 10.2. The van der Waals surface area contributed by atoms with Crippen LogP contribution in [-0.2, 0) is 0 Å². The fraction of sp³-hybridized carbons (Fsp3) is 0. The molecule has 0 aliphatic rings. The summed E-state index contributed by atoms with van der Waals surface area (Å²) in [6.45, 7) is 0. The molecule has 2 nitrogen and oxygen atoms in total. The van der Waals surface area contributed by atoms with Crippen LogP contribution in [0.5, 0.6) is 0 Å². The normalized spacial score (nSPS) is 9.77.